The van der Waals surface area contributed by atoms with Gasteiger partial charge in [-0.3, -0.25) is 9.78 Å². The molecule has 1 aromatic heterocycles. The van der Waals surface area contributed by atoms with Gasteiger partial charge in [-0.25, -0.2) is 4.98 Å². The van der Waals surface area contributed by atoms with Crippen molar-refractivity contribution in [1.29, 1.82) is 0 Å². The Kier molecular flexibility index (Phi) is 4.41. The van der Waals surface area contributed by atoms with Crippen molar-refractivity contribution in [3.05, 3.63) is 18.6 Å². The molecule has 0 aliphatic carbocycles. The minimum absolute atomic E-state index is 0.363. The zero-order valence-electron chi connectivity index (χ0n) is 10.7. The molecule has 5 nitrogen and oxygen atoms in total. The van der Waals surface area contributed by atoms with Crippen LogP contribution in [0.15, 0.2) is 18.6 Å². The Morgan fingerprint density at radius 2 is 2.25 bits per heavy atom. The van der Waals surface area contributed by atoms with E-state index >= 15 is 0 Å². The number of carbonyl (C=O) groups is 1. The Morgan fingerprint density at radius 3 is 2.90 bits per heavy atom. The van der Waals surface area contributed by atoms with Crippen LogP contribution in [0.25, 0.3) is 0 Å². The lowest BCUT2D eigenvalue weighted by atomic mass is 9.97. The van der Waals surface area contributed by atoms with Crippen LogP contribution in [0.1, 0.15) is 12.8 Å². The molecular formula is C12H15F3N4O. The second kappa shape index (κ2) is 6.06. The fraction of sp³-hybridized carbons (Fsp3) is 0.583. The third kappa shape index (κ3) is 4.07. The molecular weight excluding hydrogens is 273 g/mol. The van der Waals surface area contributed by atoms with E-state index in [0.29, 0.717) is 18.8 Å². The number of alkyl halides is 3. The van der Waals surface area contributed by atoms with E-state index < -0.39 is 24.5 Å². The number of piperidine rings is 1. The Bertz CT molecular complexity index is 452. The van der Waals surface area contributed by atoms with E-state index in [0.717, 1.165) is 13.0 Å². The lowest BCUT2D eigenvalue weighted by Gasteiger charge is -2.32. The summed E-state index contributed by atoms with van der Waals surface area (Å²) in [6.45, 7) is -0.197. The highest BCUT2D eigenvalue weighted by Crippen LogP contribution is 2.21. The molecule has 1 saturated heterocycles. The van der Waals surface area contributed by atoms with Crippen molar-refractivity contribution in [2.45, 2.75) is 19.0 Å². The number of hydrogen-bond acceptors (Lipinski definition) is 4. The minimum Gasteiger partial charge on any atom is -0.355 e. The predicted molar refractivity (Wildman–Crippen MR) is 66.0 cm³/mol. The van der Waals surface area contributed by atoms with E-state index in [1.807, 2.05) is 10.2 Å². The molecule has 1 fully saturated rings. The van der Waals surface area contributed by atoms with Gasteiger partial charge in [-0.05, 0) is 12.8 Å². The molecule has 0 radical (unpaired) electrons. The zero-order chi connectivity index (χ0) is 14.6. The summed E-state index contributed by atoms with van der Waals surface area (Å²) in [5, 5.41) is 1.94. The van der Waals surface area contributed by atoms with Crippen LogP contribution in [0, 0.1) is 5.92 Å². The van der Waals surface area contributed by atoms with Crippen LogP contribution in [0.3, 0.4) is 0 Å². The van der Waals surface area contributed by atoms with Gasteiger partial charge in [-0.1, -0.05) is 0 Å². The molecule has 1 aliphatic rings. The molecule has 20 heavy (non-hydrogen) atoms. The number of rotatable bonds is 3. The van der Waals surface area contributed by atoms with E-state index in [2.05, 4.69) is 9.97 Å². The largest absolute Gasteiger partial charge is 0.405 e. The zero-order valence-corrected chi connectivity index (χ0v) is 10.7. The lowest BCUT2D eigenvalue weighted by molar-refractivity contribution is -0.140. The second-order valence-electron chi connectivity index (χ2n) is 4.68. The van der Waals surface area contributed by atoms with Crippen molar-refractivity contribution in [3.63, 3.8) is 0 Å². The topological polar surface area (TPSA) is 58.1 Å². The van der Waals surface area contributed by atoms with Crippen molar-refractivity contribution in [2.24, 2.45) is 5.92 Å². The number of nitrogens with zero attached hydrogens (tertiary/aromatic N) is 3. The Hall–Kier alpha value is -1.86. The normalized spacial score (nSPS) is 19.8. The van der Waals surface area contributed by atoms with Gasteiger partial charge in [0, 0.05) is 25.5 Å². The molecule has 0 spiro atoms. The van der Waals surface area contributed by atoms with E-state index in [1.54, 1.807) is 18.6 Å². The maximum absolute atomic E-state index is 12.1. The maximum atomic E-state index is 12.1. The van der Waals surface area contributed by atoms with E-state index in [4.69, 9.17) is 0 Å². The van der Waals surface area contributed by atoms with Gasteiger partial charge in [0.15, 0.2) is 0 Å². The summed E-state index contributed by atoms with van der Waals surface area (Å²) in [5.41, 5.74) is 0. The molecule has 1 amide bonds. The average Bonchev–Trinajstić information content (AvgIpc) is 2.45. The molecule has 8 heteroatoms. The number of anilines is 1. The molecule has 1 aliphatic heterocycles. The highest BCUT2D eigenvalue weighted by Gasteiger charge is 2.31. The standard InChI is InChI=1S/C12H15F3N4O/c13-12(14,15)8-18-11(20)9-2-1-5-19(7-9)10-6-16-3-4-17-10/h3-4,6,9H,1-2,5,7-8H2,(H,18,20)/t9-/m1/s1. The van der Waals surface area contributed by atoms with Crippen LogP contribution in [-0.4, -0.2) is 41.7 Å². The van der Waals surface area contributed by atoms with Gasteiger partial charge in [-0.2, -0.15) is 13.2 Å². The minimum atomic E-state index is -4.38. The summed E-state index contributed by atoms with van der Waals surface area (Å²) in [5.74, 6) is -0.371. The SMILES string of the molecule is O=C(NCC(F)(F)F)[C@@H]1CCCN(c2cnccn2)C1. The van der Waals surface area contributed by atoms with Crippen molar-refractivity contribution in [2.75, 3.05) is 24.5 Å². The molecule has 1 atom stereocenters. The molecule has 0 saturated carbocycles. The van der Waals surface area contributed by atoms with Gasteiger partial charge in [-0.15, -0.1) is 0 Å². The number of amides is 1. The monoisotopic (exact) mass is 288 g/mol. The van der Waals surface area contributed by atoms with E-state index in [-0.39, 0.29) is 0 Å². The number of nitrogens with one attached hydrogen (secondary N) is 1. The molecule has 110 valence electrons. The fourth-order valence-electron chi connectivity index (χ4n) is 2.19. The maximum Gasteiger partial charge on any atom is 0.405 e. The summed E-state index contributed by atoms with van der Waals surface area (Å²) in [4.78, 5) is 21.7. The van der Waals surface area contributed by atoms with Gasteiger partial charge in [0.2, 0.25) is 5.91 Å². The Morgan fingerprint density at radius 1 is 1.45 bits per heavy atom. The number of carbonyl (C=O) groups excluding carboxylic acids is 1. The smallest absolute Gasteiger partial charge is 0.355 e. The first kappa shape index (κ1) is 14.5. The first-order valence-electron chi connectivity index (χ1n) is 6.31. The lowest BCUT2D eigenvalue weighted by Crippen LogP contribution is -2.45. The summed E-state index contributed by atoms with van der Waals surface area (Å²) >= 11 is 0. The van der Waals surface area contributed by atoms with Crippen LogP contribution in [0.4, 0.5) is 19.0 Å². The molecule has 0 aromatic carbocycles. The third-order valence-electron chi connectivity index (χ3n) is 3.13. The molecule has 0 bridgehead atoms. The molecule has 1 aromatic rings. The number of halogens is 3. The van der Waals surface area contributed by atoms with Gasteiger partial charge >= 0.3 is 6.18 Å². The van der Waals surface area contributed by atoms with Crippen LogP contribution in [0.5, 0.6) is 0 Å². The van der Waals surface area contributed by atoms with Crippen LogP contribution >= 0.6 is 0 Å². The first-order chi connectivity index (χ1) is 9.46. The third-order valence-corrected chi connectivity index (χ3v) is 3.13. The van der Waals surface area contributed by atoms with E-state index in [1.165, 1.54) is 0 Å². The van der Waals surface area contributed by atoms with Crippen LogP contribution < -0.4 is 10.2 Å². The molecule has 2 rings (SSSR count). The first-order valence-corrected chi connectivity index (χ1v) is 6.31. The summed E-state index contributed by atoms with van der Waals surface area (Å²) in [6.07, 6.45) is 1.61. The molecule has 1 N–H and O–H groups in total. The Balaban J connectivity index is 1.92. The van der Waals surface area contributed by atoms with Crippen molar-refractivity contribution >= 4 is 11.7 Å². The van der Waals surface area contributed by atoms with Crippen LogP contribution in [0.2, 0.25) is 0 Å². The average molecular weight is 288 g/mol. The Labute approximate surface area is 114 Å². The van der Waals surface area contributed by atoms with Crippen molar-refractivity contribution < 1.29 is 18.0 Å². The van der Waals surface area contributed by atoms with Gasteiger partial charge in [0.1, 0.15) is 12.4 Å². The van der Waals surface area contributed by atoms with E-state index in [9.17, 15) is 18.0 Å². The predicted octanol–water partition coefficient (Wildman–Crippen LogP) is 1.37. The molecule has 0 unspecified atom stereocenters. The summed E-state index contributed by atoms with van der Waals surface area (Å²) in [7, 11) is 0. The van der Waals surface area contributed by atoms with Crippen molar-refractivity contribution in [3.8, 4) is 0 Å². The fourth-order valence-corrected chi connectivity index (χ4v) is 2.19. The summed E-state index contributed by atoms with van der Waals surface area (Å²) in [6, 6.07) is 0. The molecule has 2 heterocycles. The van der Waals surface area contributed by atoms with Gasteiger partial charge in [0.25, 0.3) is 0 Å². The quantitative estimate of drug-likeness (QED) is 0.912. The van der Waals surface area contributed by atoms with Gasteiger partial charge in [0.05, 0.1) is 12.1 Å². The highest BCUT2D eigenvalue weighted by atomic mass is 19.4. The van der Waals surface area contributed by atoms with Gasteiger partial charge < -0.3 is 10.2 Å². The van der Waals surface area contributed by atoms with Crippen LogP contribution in [-0.2, 0) is 4.79 Å². The summed E-state index contributed by atoms with van der Waals surface area (Å²) < 4.78 is 36.2. The highest BCUT2D eigenvalue weighted by molar-refractivity contribution is 5.79. The van der Waals surface area contributed by atoms with Crippen molar-refractivity contribution in [1.82, 2.24) is 15.3 Å². The number of hydrogen-bond donors (Lipinski definition) is 1. The second-order valence-corrected chi connectivity index (χ2v) is 4.68. The number of aromatic nitrogens is 2.